The van der Waals surface area contributed by atoms with Crippen molar-refractivity contribution in [3.05, 3.63) is 23.9 Å². The van der Waals surface area contributed by atoms with Crippen LogP contribution in [0.2, 0.25) is 0 Å². The van der Waals surface area contributed by atoms with Crippen molar-refractivity contribution >= 4 is 18.7 Å². The zero-order valence-electron chi connectivity index (χ0n) is 13.2. The van der Waals surface area contributed by atoms with E-state index in [0.717, 1.165) is 0 Å². The van der Waals surface area contributed by atoms with Gasteiger partial charge in [-0.3, -0.25) is 9.79 Å². The Balaban J connectivity index is 4.21. The van der Waals surface area contributed by atoms with Crippen molar-refractivity contribution < 1.29 is 14.3 Å². The van der Waals surface area contributed by atoms with Crippen molar-refractivity contribution in [2.75, 3.05) is 13.1 Å². The molecule has 7 heteroatoms. The number of nitrogens with one attached hydrogen (secondary N) is 2. The van der Waals surface area contributed by atoms with Gasteiger partial charge in [0.2, 0.25) is 0 Å². The lowest BCUT2D eigenvalue weighted by Gasteiger charge is -2.19. The number of nitriles is 1. The van der Waals surface area contributed by atoms with Crippen LogP contribution in [-0.4, -0.2) is 37.4 Å². The van der Waals surface area contributed by atoms with Gasteiger partial charge < -0.3 is 15.4 Å². The van der Waals surface area contributed by atoms with Crippen LogP contribution in [0.5, 0.6) is 0 Å². The van der Waals surface area contributed by atoms with E-state index in [-0.39, 0.29) is 31.0 Å². The molecule has 120 valence electrons. The largest absolute Gasteiger partial charge is 0.444 e. The van der Waals surface area contributed by atoms with Crippen molar-refractivity contribution in [1.29, 1.82) is 5.26 Å². The molecule has 0 spiro atoms. The number of nitrogens with zero attached hydrogens (tertiary/aromatic N) is 2. The fraction of sp³-hybridized carbons (Fsp3) is 0.467. The molecule has 0 aromatic rings. The minimum absolute atomic E-state index is 0.196. The van der Waals surface area contributed by atoms with E-state index in [4.69, 9.17) is 10.00 Å². The first kappa shape index (κ1) is 19.4. The van der Waals surface area contributed by atoms with Crippen molar-refractivity contribution in [2.24, 2.45) is 4.99 Å². The maximum atomic E-state index is 11.9. The Morgan fingerprint density at radius 1 is 1.32 bits per heavy atom. The van der Waals surface area contributed by atoms with Gasteiger partial charge in [0.15, 0.2) is 0 Å². The van der Waals surface area contributed by atoms with Crippen LogP contribution in [0.4, 0.5) is 4.79 Å². The molecule has 7 nitrogen and oxygen atoms in total. The van der Waals surface area contributed by atoms with Crippen LogP contribution in [0.15, 0.2) is 28.9 Å². The molecule has 0 atom stereocenters. The van der Waals surface area contributed by atoms with E-state index in [1.165, 1.54) is 12.3 Å². The lowest BCUT2D eigenvalue weighted by molar-refractivity contribution is -0.117. The van der Waals surface area contributed by atoms with Crippen LogP contribution in [0.25, 0.3) is 0 Å². The van der Waals surface area contributed by atoms with Gasteiger partial charge in [-0.1, -0.05) is 12.2 Å². The summed E-state index contributed by atoms with van der Waals surface area (Å²) in [4.78, 5) is 26.8. The molecule has 0 saturated carbocycles. The number of aliphatic imine (C=N–C) groups is 1. The average Bonchev–Trinajstić information content (AvgIpc) is 2.40. The lowest BCUT2D eigenvalue weighted by atomic mass is 10.2. The normalized spacial score (nSPS) is 11.6. The van der Waals surface area contributed by atoms with Crippen molar-refractivity contribution in [2.45, 2.75) is 32.8 Å². The van der Waals surface area contributed by atoms with Crippen LogP contribution < -0.4 is 10.6 Å². The number of carbonyl (C=O) groups is 2. The van der Waals surface area contributed by atoms with Crippen molar-refractivity contribution in [3.63, 3.8) is 0 Å². The molecule has 0 rings (SSSR count). The number of carbonyl (C=O) groups excluding carboxylic acids is 2. The highest BCUT2D eigenvalue weighted by Gasteiger charge is 2.15. The maximum Gasteiger partial charge on any atom is 0.407 e. The number of alkyl carbamates (subject to hydrolysis) is 1. The molecule has 0 aliphatic carbocycles. The summed E-state index contributed by atoms with van der Waals surface area (Å²) in [7, 11) is 0. The van der Waals surface area contributed by atoms with Crippen LogP contribution >= 0.6 is 0 Å². The highest BCUT2D eigenvalue weighted by molar-refractivity contribution is 5.96. The molecule has 2 N–H and O–H groups in total. The molecular weight excluding hydrogens is 284 g/mol. The van der Waals surface area contributed by atoms with Crippen LogP contribution in [-0.2, 0) is 9.53 Å². The quantitative estimate of drug-likeness (QED) is 0.323. The Morgan fingerprint density at radius 3 is 2.50 bits per heavy atom. The Hall–Kier alpha value is -2.62. The summed E-state index contributed by atoms with van der Waals surface area (Å²) in [5.74, 6) is -0.368. The van der Waals surface area contributed by atoms with Gasteiger partial charge in [0.25, 0.3) is 5.91 Å². The van der Waals surface area contributed by atoms with Gasteiger partial charge in [-0.15, -0.1) is 0 Å². The van der Waals surface area contributed by atoms with E-state index in [1.807, 2.05) is 6.07 Å². The second kappa shape index (κ2) is 10.2. The average molecular weight is 306 g/mol. The maximum absolute atomic E-state index is 11.9. The van der Waals surface area contributed by atoms with Crippen LogP contribution in [0.3, 0.4) is 0 Å². The van der Waals surface area contributed by atoms with Gasteiger partial charge >= 0.3 is 6.09 Å². The topological polar surface area (TPSA) is 104 Å². The summed E-state index contributed by atoms with van der Waals surface area (Å²) in [6.45, 7) is 9.05. The third kappa shape index (κ3) is 10.2. The fourth-order valence-electron chi connectivity index (χ4n) is 1.27. The highest BCUT2D eigenvalue weighted by Crippen LogP contribution is 2.06. The standard InChI is InChI=1S/C15H22N4O3/c1-15(2,3)22-14(21)19-10-9-18-13(20)12(11-17-4)7-5-6-8-16/h5,7,11H,4,6,9-10H2,1-3H3,(H,18,20)(H,19,21). The molecule has 0 aromatic heterocycles. The Bertz CT molecular complexity index is 496. The predicted molar refractivity (Wildman–Crippen MR) is 84.2 cm³/mol. The molecule has 0 aliphatic heterocycles. The summed E-state index contributed by atoms with van der Waals surface area (Å²) in [6, 6.07) is 1.93. The number of hydrogen-bond acceptors (Lipinski definition) is 5. The third-order valence-corrected chi connectivity index (χ3v) is 2.08. The molecule has 2 amide bonds. The predicted octanol–water partition coefficient (Wildman–Crippen LogP) is 1.68. The summed E-state index contributed by atoms with van der Waals surface area (Å²) in [6.07, 6.45) is 4.00. The number of ether oxygens (including phenoxy) is 1. The second-order valence-electron chi connectivity index (χ2n) is 5.22. The molecule has 0 bridgehead atoms. The zero-order valence-corrected chi connectivity index (χ0v) is 13.2. The van der Waals surface area contributed by atoms with Gasteiger partial charge in [-0.25, -0.2) is 4.79 Å². The molecule has 0 heterocycles. The second-order valence-corrected chi connectivity index (χ2v) is 5.22. The summed E-state index contributed by atoms with van der Waals surface area (Å²) in [5.41, 5.74) is -0.285. The van der Waals surface area contributed by atoms with E-state index < -0.39 is 11.7 Å². The molecule has 0 aromatic carbocycles. The molecule has 0 saturated heterocycles. The molecule has 22 heavy (non-hydrogen) atoms. The molecule has 0 unspecified atom stereocenters. The van der Waals surface area contributed by atoms with E-state index in [2.05, 4.69) is 22.3 Å². The van der Waals surface area contributed by atoms with Crippen LogP contribution in [0.1, 0.15) is 27.2 Å². The van der Waals surface area contributed by atoms with Gasteiger partial charge in [0, 0.05) is 19.3 Å². The van der Waals surface area contributed by atoms with Crippen molar-refractivity contribution in [1.82, 2.24) is 10.6 Å². The molecule has 0 fully saturated rings. The highest BCUT2D eigenvalue weighted by atomic mass is 16.6. The lowest BCUT2D eigenvalue weighted by Crippen LogP contribution is -2.38. The third-order valence-electron chi connectivity index (χ3n) is 2.08. The van der Waals surface area contributed by atoms with Gasteiger partial charge in [0.1, 0.15) is 5.60 Å². The van der Waals surface area contributed by atoms with Crippen LogP contribution in [0, 0.1) is 11.3 Å². The number of amides is 2. The first-order valence-corrected chi connectivity index (χ1v) is 6.74. The van der Waals surface area contributed by atoms with E-state index in [1.54, 1.807) is 26.8 Å². The van der Waals surface area contributed by atoms with E-state index >= 15 is 0 Å². The summed E-state index contributed by atoms with van der Waals surface area (Å²) < 4.78 is 5.06. The summed E-state index contributed by atoms with van der Waals surface area (Å²) in [5, 5.41) is 13.6. The first-order chi connectivity index (χ1) is 10.3. The SMILES string of the molecule is C=NC=C(C=CCC#N)C(=O)NCCNC(=O)OC(C)(C)C. The number of hydrogen-bond donors (Lipinski definition) is 2. The monoisotopic (exact) mass is 306 g/mol. The van der Waals surface area contributed by atoms with Gasteiger partial charge in [-0.2, -0.15) is 5.26 Å². The Labute approximate surface area is 130 Å². The van der Waals surface area contributed by atoms with E-state index in [9.17, 15) is 9.59 Å². The van der Waals surface area contributed by atoms with Crippen molar-refractivity contribution in [3.8, 4) is 6.07 Å². The molecular formula is C15H22N4O3. The van der Waals surface area contributed by atoms with E-state index in [0.29, 0.717) is 0 Å². The first-order valence-electron chi connectivity index (χ1n) is 6.74. The zero-order chi connectivity index (χ0) is 17.0. The summed E-state index contributed by atoms with van der Waals surface area (Å²) >= 11 is 0. The minimum atomic E-state index is -0.565. The molecule has 0 radical (unpaired) electrons. The van der Waals surface area contributed by atoms with Gasteiger partial charge in [-0.05, 0) is 27.5 Å². The minimum Gasteiger partial charge on any atom is -0.444 e. The fourth-order valence-corrected chi connectivity index (χ4v) is 1.27. The van der Waals surface area contributed by atoms with Gasteiger partial charge in [0.05, 0.1) is 18.1 Å². The molecule has 0 aliphatic rings. The smallest absolute Gasteiger partial charge is 0.407 e. The number of allylic oxidation sites excluding steroid dienone is 1. The Morgan fingerprint density at radius 2 is 1.95 bits per heavy atom. The number of rotatable bonds is 7. The Kier molecular flexibility index (Phi) is 8.95.